The fourth-order valence-electron chi connectivity index (χ4n) is 4.94. The van der Waals surface area contributed by atoms with Gasteiger partial charge in [-0.1, -0.05) is 104 Å². The van der Waals surface area contributed by atoms with Gasteiger partial charge in [0.2, 0.25) is 11.8 Å². The maximum absolute atomic E-state index is 12.0. The van der Waals surface area contributed by atoms with Crippen LogP contribution in [-0.4, -0.2) is 47.3 Å². The van der Waals surface area contributed by atoms with E-state index in [9.17, 15) is 19.8 Å². The molecule has 0 aliphatic carbocycles. The van der Waals surface area contributed by atoms with Crippen LogP contribution in [-0.2, 0) is 9.59 Å². The summed E-state index contributed by atoms with van der Waals surface area (Å²) in [4.78, 5) is 23.9. The Labute approximate surface area is 235 Å². The van der Waals surface area contributed by atoms with Gasteiger partial charge in [0, 0.05) is 25.9 Å². The van der Waals surface area contributed by atoms with Crippen LogP contribution in [0.3, 0.4) is 0 Å². The highest BCUT2D eigenvalue weighted by atomic mass is 16.3. The molecule has 0 fully saturated rings. The van der Waals surface area contributed by atoms with Crippen molar-refractivity contribution in [2.24, 2.45) is 0 Å². The van der Waals surface area contributed by atoms with Crippen LogP contribution in [0.1, 0.15) is 168 Å². The summed E-state index contributed by atoms with van der Waals surface area (Å²) in [5, 5.41) is 25.5. The van der Waals surface area contributed by atoms with Gasteiger partial charge in [0.25, 0.3) is 0 Å². The highest BCUT2D eigenvalue weighted by Gasteiger charge is 2.04. The fraction of sp³-hybridized carbons (Fsp3) is 0.938. The number of aliphatic hydroxyl groups excluding tert-OH is 2. The van der Waals surface area contributed by atoms with Crippen molar-refractivity contribution in [2.45, 2.75) is 180 Å². The number of rotatable bonds is 29. The van der Waals surface area contributed by atoms with E-state index in [2.05, 4.69) is 24.5 Å². The molecule has 38 heavy (non-hydrogen) atoms. The largest absolute Gasteiger partial charge is 0.393 e. The third kappa shape index (κ3) is 27.9. The van der Waals surface area contributed by atoms with E-state index in [4.69, 9.17) is 0 Å². The standard InChI is InChI=1S/C32H64N2O4/c1-3-21-29(35)23-15-11-7-5-9-13-17-25-31(37)33-27-19-20-28-34-32(38)26-18-14-10-6-8-12-16-24-30(36)22-4-2/h29-30,35-36H,3-28H2,1-2H3,(H,33,37)(H,34,38). The second-order valence-corrected chi connectivity index (χ2v) is 11.3. The first-order chi connectivity index (χ1) is 18.5. The number of hydrogen-bond acceptors (Lipinski definition) is 4. The molecule has 6 heteroatoms. The lowest BCUT2D eigenvalue weighted by Crippen LogP contribution is -2.27. The Bertz CT molecular complexity index is 484. The van der Waals surface area contributed by atoms with E-state index in [1.54, 1.807) is 0 Å². The van der Waals surface area contributed by atoms with Gasteiger partial charge >= 0.3 is 0 Å². The van der Waals surface area contributed by atoms with E-state index in [-0.39, 0.29) is 24.0 Å². The Morgan fingerprint density at radius 1 is 0.474 bits per heavy atom. The molecule has 0 aromatic rings. The quantitative estimate of drug-likeness (QED) is 0.0746. The van der Waals surface area contributed by atoms with Gasteiger partial charge in [-0.3, -0.25) is 9.59 Å². The van der Waals surface area contributed by atoms with Gasteiger partial charge in [-0.05, 0) is 51.4 Å². The highest BCUT2D eigenvalue weighted by Crippen LogP contribution is 2.13. The van der Waals surface area contributed by atoms with Gasteiger partial charge in [0.1, 0.15) is 0 Å². The second-order valence-electron chi connectivity index (χ2n) is 11.3. The molecule has 2 unspecified atom stereocenters. The molecule has 2 atom stereocenters. The van der Waals surface area contributed by atoms with Crippen LogP contribution in [0.5, 0.6) is 0 Å². The van der Waals surface area contributed by atoms with Gasteiger partial charge in [0.15, 0.2) is 0 Å². The van der Waals surface area contributed by atoms with Crippen LogP contribution >= 0.6 is 0 Å². The third-order valence-corrected chi connectivity index (χ3v) is 7.37. The molecule has 0 bridgehead atoms. The summed E-state index contributed by atoms with van der Waals surface area (Å²) in [5.41, 5.74) is 0. The lowest BCUT2D eigenvalue weighted by Gasteiger charge is -2.08. The van der Waals surface area contributed by atoms with Crippen molar-refractivity contribution in [1.82, 2.24) is 10.6 Å². The molecule has 6 nitrogen and oxygen atoms in total. The zero-order valence-electron chi connectivity index (χ0n) is 25.3. The number of hydrogen-bond donors (Lipinski definition) is 4. The molecular weight excluding hydrogens is 476 g/mol. The average Bonchev–Trinajstić information content (AvgIpc) is 2.89. The Balaban J connectivity index is 3.33. The van der Waals surface area contributed by atoms with Crippen molar-refractivity contribution in [3.63, 3.8) is 0 Å². The molecule has 0 aliphatic heterocycles. The van der Waals surface area contributed by atoms with Gasteiger partial charge in [-0.2, -0.15) is 0 Å². The summed E-state index contributed by atoms with van der Waals surface area (Å²) in [6, 6.07) is 0. The third-order valence-electron chi connectivity index (χ3n) is 7.37. The normalized spacial score (nSPS) is 12.8. The first kappa shape index (κ1) is 36.9. The van der Waals surface area contributed by atoms with E-state index in [1.807, 2.05) is 0 Å². The summed E-state index contributed by atoms with van der Waals surface area (Å²) in [5.74, 6) is 0.293. The Morgan fingerprint density at radius 3 is 1.13 bits per heavy atom. The zero-order valence-corrected chi connectivity index (χ0v) is 25.3. The lowest BCUT2D eigenvalue weighted by molar-refractivity contribution is -0.122. The summed E-state index contributed by atoms with van der Waals surface area (Å²) in [7, 11) is 0. The molecule has 0 saturated carbocycles. The van der Waals surface area contributed by atoms with Crippen molar-refractivity contribution >= 4 is 11.8 Å². The number of nitrogens with one attached hydrogen (secondary N) is 2. The minimum Gasteiger partial charge on any atom is -0.393 e. The van der Waals surface area contributed by atoms with Crippen LogP contribution in [0.2, 0.25) is 0 Å². The Morgan fingerprint density at radius 2 is 0.789 bits per heavy atom. The molecule has 0 heterocycles. The molecule has 0 spiro atoms. The number of aliphatic hydroxyl groups is 2. The van der Waals surface area contributed by atoms with Crippen LogP contribution in [0, 0.1) is 0 Å². The zero-order chi connectivity index (χ0) is 28.1. The van der Waals surface area contributed by atoms with E-state index in [0.717, 1.165) is 89.9 Å². The van der Waals surface area contributed by atoms with E-state index in [0.29, 0.717) is 25.9 Å². The molecule has 0 aliphatic rings. The van der Waals surface area contributed by atoms with Crippen LogP contribution in [0.15, 0.2) is 0 Å². The monoisotopic (exact) mass is 540 g/mol. The maximum Gasteiger partial charge on any atom is 0.219 e. The molecule has 226 valence electrons. The molecule has 0 radical (unpaired) electrons. The molecule has 0 aromatic heterocycles. The molecular formula is C32H64N2O4. The van der Waals surface area contributed by atoms with E-state index < -0.39 is 0 Å². The SMILES string of the molecule is CCCC(O)CCCCCCCCCC(=O)NCCCCNC(=O)CCCCCCCCCC(O)CCC. The minimum absolute atomic E-state index is 0.111. The topological polar surface area (TPSA) is 98.7 Å². The van der Waals surface area contributed by atoms with Gasteiger partial charge in [-0.15, -0.1) is 0 Å². The maximum atomic E-state index is 12.0. The second kappa shape index (κ2) is 28.9. The number of amides is 2. The average molecular weight is 541 g/mol. The first-order valence-electron chi connectivity index (χ1n) is 16.4. The number of carbonyl (C=O) groups is 2. The van der Waals surface area contributed by atoms with Crippen molar-refractivity contribution in [2.75, 3.05) is 13.1 Å². The summed E-state index contributed by atoms with van der Waals surface area (Å²) < 4.78 is 0. The fourth-order valence-corrected chi connectivity index (χ4v) is 4.94. The van der Waals surface area contributed by atoms with Gasteiger partial charge < -0.3 is 20.8 Å². The summed E-state index contributed by atoms with van der Waals surface area (Å²) in [6.07, 6.45) is 24.7. The van der Waals surface area contributed by atoms with Gasteiger partial charge in [-0.25, -0.2) is 0 Å². The number of carbonyl (C=O) groups excluding carboxylic acids is 2. The first-order valence-corrected chi connectivity index (χ1v) is 16.4. The van der Waals surface area contributed by atoms with Crippen molar-refractivity contribution in [3.8, 4) is 0 Å². The molecule has 0 aromatic carbocycles. The van der Waals surface area contributed by atoms with Crippen molar-refractivity contribution in [3.05, 3.63) is 0 Å². The summed E-state index contributed by atoms with van der Waals surface area (Å²) >= 11 is 0. The van der Waals surface area contributed by atoms with E-state index >= 15 is 0 Å². The molecule has 0 rings (SSSR count). The molecule has 0 saturated heterocycles. The Kier molecular flexibility index (Phi) is 28.0. The lowest BCUT2D eigenvalue weighted by atomic mass is 10.0. The Hall–Kier alpha value is -1.14. The predicted molar refractivity (Wildman–Crippen MR) is 160 cm³/mol. The smallest absolute Gasteiger partial charge is 0.219 e. The molecule has 4 N–H and O–H groups in total. The molecule has 2 amide bonds. The van der Waals surface area contributed by atoms with Crippen molar-refractivity contribution < 1.29 is 19.8 Å². The van der Waals surface area contributed by atoms with Crippen molar-refractivity contribution in [1.29, 1.82) is 0 Å². The predicted octanol–water partition coefficient (Wildman–Crippen LogP) is 7.34. The number of unbranched alkanes of at least 4 members (excludes halogenated alkanes) is 13. The van der Waals surface area contributed by atoms with Gasteiger partial charge in [0.05, 0.1) is 12.2 Å². The van der Waals surface area contributed by atoms with Crippen LogP contribution in [0.25, 0.3) is 0 Å². The summed E-state index contributed by atoms with van der Waals surface area (Å²) in [6.45, 7) is 5.61. The van der Waals surface area contributed by atoms with E-state index in [1.165, 1.54) is 51.4 Å². The van der Waals surface area contributed by atoms with Crippen LogP contribution in [0.4, 0.5) is 0 Å². The minimum atomic E-state index is -0.111. The highest BCUT2D eigenvalue weighted by molar-refractivity contribution is 5.76. The van der Waals surface area contributed by atoms with Crippen LogP contribution < -0.4 is 10.6 Å².